The van der Waals surface area contributed by atoms with Gasteiger partial charge in [0.15, 0.2) is 0 Å². The van der Waals surface area contributed by atoms with E-state index in [0.717, 1.165) is 14.2 Å². The Labute approximate surface area is 111 Å². The Kier molecular flexibility index (Phi) is 6.65. The van der Waals surface area contributed by atoms with Crippen LogP contribution in [0.25, 0.3) is 0 Å². The second-order valence-corrected chi connectivity index (χ2v) is 6.94. The molecule has 112 valence electrons. The van der Waals surface area contributed by atoms with Gasteiger partial charge in [0.25, 0.3) is 0 Å². The van der Waals surface area contributed by atoms with E-state index in [1.807, 2.05) is 0 Å². The number of aliphatic carboxylic acids is 1. The smallest absolute Gasteiger partial charge is 0.358 e. The molecule has 19 heavy (non-hydrogen) atoms. The number of hydrogen-bond acceptors (Lipinski definition) is 7. The maximum Gasteiger partial charge on any atom is 0.358 e. The summed E-state index contributed by atoms with van der Waals surface area (Å²) in [5.41, 5.74) is -0.691. The van der Waals surface area contributed by atoms with E-state index in [4.69, 9.17) is 9.84 Å². The number of rotatable bonds is 7. The molecular weight excluding hydrogens is 277 g/mol. The molecule has 1 atom stereocenters. The zero-order valence-electron chi connectivity index (χ0n) is 11.6. The number of carbonyl (C=O) groups excluding carboxylic acids is 1. The van der Waals surface area contributed by atoms with Crippen LogP contribution in [0.2, 0.25) is 0 Å². The SMILES string of the molecule is COP(=O)(OC)C(NCC(=O)OC(C)(C)C)C(=O)O. The summed E-state index contributed by atoms with van der Waals surface area (Å²) in [6.07, 6.45) is 0. The Balaban J connectivity index is 4.68. The standard InChI is InChI=1S/C10H20NO7P/c1-10(2,3)18-7(12)6-11-8(9(13)14)19(15,16-4)17-5/h8,11H,6H2,1-5H3,(H,13,14). The molecule has 0 radical (unpaired) electrons. The third-order valence-corrected chi connectivity index (χ3v) is 3.97. The first-order valence-electron chi connectivity index (χ1n) is 5.45. The van der Waals surface area contributed by atoms with Gasteiger partial charge in [-0.3, -0.25) is 14.7 Å². The van der Waals surface area contributed by atoms with Crippen molar-refractivity contribution in [3.05, 3.63) is 0 Å². The third-order valence-electron chi connectivity index (χ3n) is 1.92. The molecule has 0 aliphatic carbocycles. The molecule has 0 fully saturated rings. The van der Waals surface area contributed by atoms with Crippen molar-refractivity contribution >= 4 is 19.5 Å². The first-order valence-corrected chi connectivity index (χ1v) is 7.06. The lowest BCUT2D eigenvalue weighted by molar-refractivity contribution is -0.153. The van der Waals surface area contributed by atoms with Crippen molar-refractivity contribution in [2.24, 2.45) is 0 Å². The van der Waals surface area contributed by atoms with Gasteiger partial charge in [0, 0.05) is 14.2 Å². The summed E-state index contributed by atoms with van der Waals surface area (Å²) in [6.45, 7) is 4.60. The average molecular weight is 297 g/mol. The van der Waals surface area contributed by atoms with Crippen LogP contribution in [0, 0.1) is 0 Å². The Morgan fingerprint density at radius 1 is 1.26 bits per heavy atom. The molecule has 0 saturated carbocycles. The number of carboxylic acid groups (broad SMARTS) is 1. The van der Waals surface area contributed by atoms with Crippen LogP contribution in [-0.2, 0) is 27.9 Å². The van der Waals surface area contributed by atoms with E-state index in [1.165, 1.54) is 0 Å². The van der Waals surface area contributed by atoms with Crippen molar-refractivity contribution in [1.29, 1.82) is 0 Å². The highest BCUT2D eigenvalue weighted by Crippen LogP contribution is 2.50. The maximum atomic E-state index is 12.0. The Hall–Kier alpha value is -0.950. The van der Waals surface area contributed by atoms with E-state index in [0.29, 0.717) is 0 Å². The van der Waals surface area contributed by atoms with Gasteiger partial charge in [0.2, 0.25) is 5.78 Å². The molecule has 8 nitrogen and oxygen atoms in total. The van der Waals surface area contributed by atoms with Crippen LogP contribution in [0.4, 0.5) is 0 Å². The summed E-state index contributed by atoms with van der Waals surface area (Å²) in [5.74, 6) is -3.76. The molecule has 0 saturated heterocycles. The molecular formula is C10H20NO7P. The molecule has 0 amide bonds. The van der Waals surface area contributed by atoms with Gasteiger partial charge >= 0.3 is 19.5 Å². The van der Waals surface area contributed by atoms with Gasteiger partial charge in [-0.2, -0.15) is 0 Å². The van der Waals surface area contributed by atoms with Gasteiger partial charge < -0.3 is 18.9 Å². The fourth-order valence-corrected chi connectivity index (χ4v) is 2.33. The number of nitrogens with one attached hydrogen (secondary N) is 1. The quantitative estimate of drug-likeness (QED) is 0.524. The molecule has 2 N–H and O–H groups in total. The van der Waals surface area contributed by atoms with Gasteiger partial charge in [-0.25, -0.2) is 4.79 Å². The van der Waals surface area contributed by atoms with Gasteiger partial charge in [0.05, 0.1) is 6.54 Å². The molecule has 0 spiro atoms. The predicted molar refractivity (Wildman–Crippen MR) is 66.9 cm³/mol. The van der Waals surface area contributed by atoms with Crippen LogP contribution in [0.5, 0.6) is 0 Å². The Morgan fingerprint density at radius 2 is 1.74 bits per heavy atom. The Morgan fingerprint density at radius 3 is 2.05 bits per heavy atom. The third kappa shape index (κ3) is 6.15. The van der Waals surface area contributed by atoms with Crippen molar-refractivity contribution < 1.29 is 33.0 Å². The first kappa shape index (κ1) is 18.0. The lowest BCUT2D eigenvalue weighted by atomic mass is 10.2. The van der Waals surface area contributed by atoms with Crippen molar-refractivity contribution in [2.75, 3.05) is 20.8 Å². The van der Waals surface area contributed by atoms with Gasteiger partial charge in [-0.15, -0.1) is 0 Å². The first-order chi connectivity index (χ1) is 8.55. The highest BCUT2D eigenvalue weighted by molar-refractivity contribution is 7.55. The van der Waals surface area contributed by atoms with E-state index in [9.17, 15) is 14.2 Å². The number of carbonyl (C=O) groups is 2. The highest BCUT2D eigenvalue weighted by Gasteiger charge is 2.40. The van der Waals surface area contributed by atoms with Crippen LogP contribution >= 0.6 is 7.60 Å². The molecule has 0 aliphatic rings. The van der Waals surface area contributed by atoms with Crippen LogP contribution in [-0.4, -0.2) is 49.2 Å². The molecule has 0 bridgehead atoms. The fraction of sp³-hybridized carbons (Fsp3) is 0.800. The van der Waals surface area contributed by atoms with Crippen LogP contribution in [0.1, 0.15) is 20.8 Å². The lowest BCUT2D eigenvalue weighted by Gasteiger charge is -2.23. The van der Waals surface area contributed by atoms with Crippen molar-refractivity contribution in [3.8, 4) is 0 Å². The monoisotopic (exact) mass is 297 g/mol. The summed E-state index contributed by atoms with van der Waals surface area (Å²) >= 11 is 0. The summed E-state index contributed by atoms with van der Waals surface area (Å²) in [4.78, 5) is 22.5. The van der Waals surface area contributed by atoms with E-state index in [1.54, 1.807) is 20.8 Å². The largest absolute Gasteiger partial charge is 0.480 e. The molecule has 0 aromatic rings. The minimum atomic E-state index is -3.87. The molecule has 0 aromatic heterocycles. The van der Waals surface area contributed by atoms with Gasteiger partial charge in [-0.1, -0.05) is 0 Å². The van der Waals surface area contributed by atoms with Crippen molar-refractivity contribution in [1.82, 2.24) is 5.32 Å². The average Bonchev–Trinajstić information content (AvgIpc) is 2.25. The topological polar surface area (TPSA) is 111 Å². The fourth-order valence-electron chi connectivity index (χ4n) is 1.18. The predicted octanol–water partition coefficient (Wildman–Crippen LogP) is 0.814. The Bertz CT molecular complexity index is 369. The normalized spacial score (nSPS) is 13.9. The van der Waals surface area contributed by atoms with Crippen LogP contribution in [0.15, 0.2) is 0 Å². The van der Waals surface area contributed by atoms with Crippen LogP contribution in [0.3, 0.4) is 0 Å². The molecule has 0 aromatic carbocycles. The second-order valence-electron chi connectivity index (χ2n) is 4.61. The molecule has 1 unspecified atom stereocenters. The number of hydrogen-bond donors (Lipinski definition) is 2. The molecule has 0 aliphatic heterocycles. The minimum Gasteiger partial charge on any atom is -0.480 e. The number of ether oxygens (including phenoxy) is 1. The van der Waals surface area contributed by atoms with Crippen molar-refractivity contribution in [3.63, 3.8) is 0 Å². The zero-order chi connectivity index (χ0) is 15.3. The van der Waals surface area contributed by atoms with E-state index >= 15 is 0 Å². The number of carboxylic acids is 1. The molecule has 0 heterocycles. The minimum absolute atomic E-state index is 0.426. The summed E-state index contributed by atoms with van der Waals surface area (Å²) in [7, 11) is -1.74. The van der Waals surface area contributed by atoms with Crippen LogP contribution < -0.4 is 5.32 Å². The van der Waals surface area contributed by atoms with Gasteiger partial charge in [-0.05, 0) is 20.8 Å². The van der Waals surface area contributed by atoms with Crippen molar-refractivity contribution in [2.45, 2.75) is 32.2 Å². The van der Waals surface area contributed by atoms with Gasteiger partial charge in [0.1, 0.15) is 5.60 Å². The summed E-state index contributed by atoms with van der Waals surface area (Å²) < 4.78 is 26.1. The second kappa shape index (κ2) is 7.00. The summed E-state index contributed by atoms with van der Waals surface area (Å²) in [6, 6.07) is 0. The number of esters is 1. The van der Waals surface area contributed by atoms with E-state index in [2.05, 4.69) is 14.4 Å². The summed E-state index contributed by atoms with van der Waals surface area (Å²) in [5, 5.41) is 11.3. The maximum absolute atomic E-state index is 12.0. The van der Waals surface area contributed by atoms with E-state index in [-0.39, 0.29) is 0 Å². The molecule has 9 heteroatoms. The molecule has 0 rings (SSSR count). The zero-order valence-corrected chi connectivity index (χ0v) is 12.5. The lowest BCUT2D eigenvalue weighted by Crippen LogP contribution is -2.41. The van der Waals surface area contributed by atoms with E-state index < -0.39 is 37.5 Å². The highest BCUT2D eigenvalue weighted by atomic mass is 31.2.